The zero-order chi connectivity index (χ0) is 14.0. The fourth-order valence-corrected chi connectivity index (χ4v) is 2.57. The first-order chi connectivity index (χ1) is 8.98. The first-order valence-corrected chi connectivity index (χ1v) is 6.27. The van der Waals surface area contributed by atoms with Gasteiger partial charge in [0.25, 0.3) is 5.91 Å². The summed E-state index contributed by atoms with van der Waals surface area (Å²) in [5.74, 6) is -0.583. The number of imide groups is 1. The average Bonchev–Trinajstić information content (AvgIpc) is 2.63. The van der Waals surface area contributed by atoms with Gasteiger partial charge in [0.2, 0.25) is 5.91 Å². The molecule has 2 fully saturated rings. The minimum Gasteiger partial charge on any atom is -0.338 e. The first-order valence-electron chi connectivity index (χ1n) is 6.27. The third-order valence-corrected chi connectivity index (χ3v) is 3.56. The number of hydrogen-bond acceptors (Lipinski definition) is 4. The van der Waals surface area contributed by atoms with E-state index >= 15 is 0 Å². The molecule has 7 heteroatoms. The smallest absolute Gasteiger partial charge is 0.322 e. The molecule has 104 valence electrons. The van der Waals surface area contributed by atoms with Crippen LogP contribution in [0.4, 0.5) is 4.79 Å². The highest BCUT2D eigenvalue weighted by Crippen LogP contribution is 2.24. The molecule has 4 N–H and O–H groups in total. The predicted octanol–water partition coefficient (Wildman–Crippen LogP) is -0.910. The van der Waals surface area contributed by atoms with Crippen LogP contribution in [0, 0.1) is 0 Å². The van der Waals surface area contributed by atoms with Gasteiger partial charge in [-0.3, -0.25) is 14.9 Å². The van der Waals surface area contributed by atoms with E-state index in [0.717, 1.165) is 0 Å². The zero-order valence-electron chi connectivity index (χ0n) is 10.6. The lowest BCUT2D eigenvalue weighted by molar-refractivity contribution is -0.137. The number of carbonyl (C=O) groups is 3. The Hall–Kier alpha value is -1.89. The molecule has 19 heavy (non-hydrogen) atoms. The summed E-state index contributed by atoms with van der Waals surface area (Å²) in [5.41, 5.74) is 4.77. The Morgan fingerprint density at radius 1 is 1.58 bits per heavy atom. The van der Waals surface area contributed by atoms with Gasteiger partial charge in [-0.1, -0.05) is 6.08 Å². The summed E-state index contributed by atoms with van der Waals surface area (Å²) in [6.45, 7) is 4.27. The topological polar surface area (TPSA) is 105 Å². The van der Waals surface area contributed by atoms with E-state index in [2.05, 4.69) is 17.2 Å². The maximum Gasteiger partial charge on any atom is 0.322 e. The van der Waals surface area contributed by atoms with Gasteiger partial charge in [-0.05, 0) is 19.3 Å². The molecule has 2 unspecified atom stereocenters. The van der Waals surface area contributed by atoms with Crippen LogP contribution in [-0.2, 0) is 9.59 Å². The van der Waals surface area contributed by atoms with Crippen LogP contribution < -0.4 is 16.4 Å². The van der Waals surface area contributed by atoms with E-state index in [-0.39, 0.29) is 18.4 Å². The first kappa shape index (κ1) is 13.5. The molecular weight excluding hydrogens is 248 g/mol. The Labute approximate surface area is 111 Å². The maximum atomic E-state index is 12.1. The standard InChI is InChI=1S/C12H18N4O3/c1-2-4-8(13)9(17)16-6-3-5-12(7-16)10(18)14-11(19)15-12/h2,8H,1,3-7,13H2,(H2,14,15,18,19). The van der Waals surface area contributed by atoms with Gasteiger partial charge < -0.3 is 16.0 Å². The van der Waals surface area contributed by atoms with Gasteiger partial charge in [0.05, 0.1) is 12.6 Å². The summed E-state index contributed by atoms with van der Waals surface area (Å²) in [6.07, 6.45) is 3.17. The Kier molecular flexibility index (Phi) is 3.57. The molecule has 0 aromatic carbocycles. The SMILES string of the molecule is C=CCC(N)C(=O)N1CCCC2(C1)NC(=O)NC2=O. The van der Waals surface area contributed by atoms with Crippen molar-refractivity contribution in [1.29, 1.82) is 0 Å². The molecular formula is C12H18N4O3. The lowest BCUT2D eigenvalue weighted by atomic mass is 9.89. The molecule has 2 atom stereocenters. The summed E-state index contributed by atoms with van der Waals surface area (Å²) in [6, 6.07) is -1.15. The molecule has 1 spiro atoms. The summed E-state index contributed by atoms with van der Waals surface area (Å²) < 4.78 is 0. The van der Waals surface area contributed by atoms with E-state index in [1.165, 1.54) is 0 Å². The van der Waals surface area contributed by atoms with Gasteiger partial charge >= 0.3 is 6.03 Å². The van der Waals surface area contributed by atoms with Crippen molar-refractivity contribution < 1.29 is 14.4 Å². The van der Waals surface area contributed by atoms with Crippen LogP contribution >= 0.6 is 0 Å². The second-order valence-corrected chi connectivity index (χ2v) is 4.98. The summed E-state index contributed by atoms with van der Waals surface area (Å²) >= 11 is 0. The van der Waals surface area contributed by atoms with Gasteiger partial charge in [-0.25, -0.2) is 4.79 Å². The quantitative estimate of drug-likeness (QED) is 0.454. The van der Waals surface area contributed by atoms with Crippen molar-refractivity contribution >= 4 is 17.8 Å². The van der Waals surface area contributed by atoms with Gasteiger partial charge in [-0.2, -0.15) is 0 Å². The monoisotopic (exact) mass is 266 g/mol. The van der Waals surface area contributed by atoms with E-state index in [1.807, 2.05) is 0 Å². The van der Waals surface area contributed by atoms with Crippen LogP contribution in [0.15, 0.2) is 12.7 Å². The van der Waals surface area contributed by atoms with Crippen LogP contribution in [0.2, 0.25) is 0 Å². The fourth-order valence-electron chi connectivity index (χ4n) is 2.57. The lowest BCUT2D eigenvalue weighted by Gasteiger charge is -2.38. The molecule has 0 radical (unpaired) electrons. The zero-order valence-corrected chi connectivity index (χ0v) is 10.6. The Bertz CT molecular complexity index is 437. The number of carbonyl (C=O) groups excluding carboxylic acids is 3. The van der Waals surface area contributed by atoms with E-state index in [1.54, 1.807) is 11.0 Å². The van der Waals surface area contributed by atoms with Gasteiger partial charge in [0, 0.05) is 6.54 Å². The number of piperidine rings is 1. The number of nitrogens with one attached hydrogen (secondary N) is 2. The minimum atomic E-state index is -0.987. The van der Waals surface area contributed by atoms with Gasteiger partial charge in [0.15, 0.2) is 0 Å². The summed E-state index contributed by atoms with van der Waals surface area (Å²) in [4.78, 5) is 36.8. The molecule has 0 aromatic heterocycles. The van der Waals surface area contributed by atoms with E-state index in [9.17, 15) is 14.4 Å². The van der Waals surface area contributed by atoms with Gasteiger partial charge in [0.1, 0.15) is 5.54 Å². The van der Waals surface area contributed by atoms with Crippen LogP contribution in [0.25, 0.3) is 0 Å². The third kappa shape index (κ3) is 2.46. The molecule has 0 aliphatic carbocycles. The average molecular weight is 266 g/mol. The second-order valence-electron chi connectivity index (χ2n) is 4.98. The van der Waals surface area contributed by atoms with E-state index in [0.29, 0.717) is 25.8 Å². The number of hydrogen-bond donors (Lipinski definition) is 3. The lowest BCUT2D eigenvalue weighted by Crippen LogP contribution is -2.61. The van der Waals surface area contributed by atoms with Crippen molar-refractivity contribution in [2.75, 3.05) is 13.1 Å². The Morgan fingerprint density at radius 3 is 2.89 bits per heavy atom. The van der Waals surface area contributed by atoms with Crippen molar-refractivity contribution in [3.8, 4) is 0 Å². The number of nitrogens with zero attached hydrogens (tertiary/aromatic N) is 1. The van der Waals surface area contributed by atoms with Crippen LogP contribution in [-0.4, -0.2) is 47.4 Å². The van der Waals surface area contributed by atoms with Crippen molar-refractivity contribution in [2.45, 2.75) is 30.8 Å². The molecule has 0 bridgehead atoms. The van der Waals surface area contributed by atoms with Crippen LogP contribution in [0.5, 0.6) is 0 Å². The van der Waals surface area contributed by atoms with E-state index < -0.39 is 17.6 Å². The third-order valence-electron chi connectivity index (χ3n) is 3.56. The Morgan fingerprint density at radius 2 is 2.32 bits per heavy atom. The van der Waals surface area contributed by atoms with Crippen molar-refractivity contribution in [3.05, 3.63) is 12.7 Å². The molecule has 2 aliphatic rings. The summed E-state index contributed by atoms with van der Waals surface area (Å²) in [7, 11) is 0. The summed E-state index contributed by atoms with van der Waals surface area (Å²) in [5, 5.41) is 4.84. The minimum absolute atomic E-state index is 0.175. The molecule has 0 aromatic rings. The highest BCUT2D eigenvalue weighted by molar-refractivity contribution is 6.07. The maximum absolute atomic E-state index is 12.1. The molecule has 0 saturated carbocycles. The molecule has 2 heterocycles. The predicted molar refractivity (Wildman–Crippen MR) is 68.0 cm³/mol. The number of likely N-dealkylation sites (tertiary alicyclic amines) is 1. The van der Waals surface area contributed by atoms with E-state index in [4.69, 9.17) is 5.73 Å². The number of urea groups is 1. The number of nitrogens with two attached hydrogens (primary N) is 1. The highest BCUT2D eigenvalue weighted by atomic mass is 16.2. The fraction of sp³-hybridized carbons (Fsp3) is 0.583. The van der Waals surface area contributed by atoms with Crippen LogP contribution in [0.1, 0.15) is 19.3 Å². The molecule has 4 amide bonds. The molecule has 2 rings (SSSR count). The van der Waals surface area contributed by atoms with Crippen molar-refractivity contribution in [2.24, 2.45) is 5.73 Å². The molecule has 2 aliphatic heterocycles. The largest absolute Gasteiger partial charge is 0.338 e. The van der Waals surface area contributed by atoms with Gasteiger partial charge in [-0.15, -0.1) is 6.58 Å². The second kappa shape index (κ2) is 5.00. The normalized spacial score (nSPS) is 27.9. The number of rotatable bonds is 3. The molecule has 2 saturated heterocycles. The van der Waals surface area contributed by atoms with Crippen LogP contribution in [0.3, 0.4) is 0 Å². The Balaban J connectivity index is 2.09. The molecule has 7 nitrogen and oxygen atoms in total. The van der Waals surface area contributed by atoms with Crippen molar-refractivity contribution in [3.63, 3.8) is 0 Å². The van der Waals surface area contributed by atoms with Crippen molar-refractivity contribution in [1.82, 2.24) is 15.5 Å². The highest BCUT2D eigenvalue weighted by Gasteiger charge is 2.49. The number of amides is 4.